The second kappa shape index (κ2) is 8.12. The maximum Gasteiger partial charge on any atom is 0.269 e. The van der Waals surface area contributed by atoms with Crippen LogP contribution in [0.3, 0.4) is 0 Å². The molecule has 1 aliphatic heterocycles. The molecule has 0 bridgehead atoms. The van der Waals surface area contributed by atoms with Gasteiger partial charge in [0.1, 0.15) is 0 Å². The molecule has 2 N–H and O–H groups in total. The van der Waals surface area contributed by atoms with Crippen LogP contribution in [0.5, 0.6) is 0 Å². The lowest BCUT2D eigenvalue weighted by Crippen LogP contribution is -2.42. The Morgan fingerprint density at radius 2 is 1.52 bits per heavy atom. The Balaban J connectivity index is 1.61. The van der Waals surface area contributed by atoms with Gasteiger partial charge in [-0.05, 0) is 58.4 Å². The van der Waals surface area contributed by atoms with E-state index in [2.05, 4.69) is 15.8 Å². The van der Waals surface area contributed by atoms with Crippen LogP contribution in [0, 0.1) is 0 Å². The lowest BCUT2D eigenvalue weighted by molar-refractivity contribution is -0.117. The van der Waals surface area contributed by atoms with Crippen molar-refractivity contribution >= 4 is 23.6 Å². The minimum absolute atomic E-state index is 0.370. The standard InChI is InChI=1S/C19H15N3O2S/c23-18(16-2-1-12-25-13-9-16)21-22-19(24)17-5-3-14(4-6-17)15-7-10-20-11-8-15/h1-13H,(H,21,23)(H,22,24). The third-order valence-corrected chi connectivity index (χ3v) is 4.08. The summed E-state index contributed by atoms with van der Waals surface area (Å²) >= 11 is 1.47. The number of allylic oxidation sites excluding steroid dienone is 2. The van der Waals surface area contributed by atoms with Crippen LogP contribution >= 0.6 is 11.8 Å². The smallest absolute Gasteiger partial charge is 0.267 e. The molecule has 2 aromatic rings. The predicted molar refractivity (Wildman–Crippen MR) is 99.2 cm³/mol. The first-order valence-electron chi connectivity index (χ1n) is 7.54. The van der Waals surface area contributed by atoms with Crippen LogP contribution in [0.1, 0.15) is 10.4 Å². The lowest BCUT2D eigenvalue weighted by atomic mass is 10.1. The molecule has 0 saturated heterocycles. The molecule has 0 aliphatic carbocycles. The summed E-state index contributed by atoms with van der Waals surface area (Å²) < 4.78 is 0. The predicted octanol–water partition coefficient (Wildman–Crippen LogP) is 3.21. The Hall–Kier alpha value is -3.12. The highest BCUT2D eigenvalue weighted by Gasteiger charge is 2.10. The summed E-state index contributed by atoms with van der Waals surface area (Å²) in [6.45, 7) is 0. The summed E-state index contributed by atoms with van der Waals surface area (Å²) in [7, 11) is 0. The number of aromatic nitrogens is 1. The molecule has 6 heteroatoms. The van der Waals surface area contributed by atoms with Crippen LogP contribution in [0.2, 0.25) is 0 Å². The van der Waals surface area contributed by atoms with Gasteiger partial charge in [0.05, 0.1) is 0 Å². The Morgan fingerprint density at radius 3 is 2.28 bits per heavy atom. The number of benzene rings is 1. The first kappa shape index (κ1) is 16.7. The number of rotatable bonds is 3. The van der Waals surface area contributed by atoms with Crippen LogP contribution in [0.4, 0.5) is 0 Å². The van der Waals surface area contributed by atoms with Crippen LogP contribution in [0.25, 0.3) is 11.1 Å². The Bertz CT molecular complexity index is 856. The average Bonchev–Trinajstić information content (AvgIpc) is 2.96. The summed E-state index contributed by atoms with van der Waals surface area (Å²) in [4.78, 5) is 28.2. The molecule has 2 heterocycles. The molecule has 0 saturated carbocycles. The van der Waals surface area contributed by atoms with Gasteiger partial charge in [0.15, 0.2) is 0 Å². The van der Waals surface area contributed by atoms with Crippen molar-refractivity contribution < 1.29 is 9.59 Å². The second-order valence-corrected chi connectivity index (χ2v) is 5.93. The van der Waals surface area contributed by atoms with Gasteiger partial charge in [-0.25, -0.2) is 0 Å². The van der Waals surface area contributed by atoms with E-state index in [0.29, 0.717) is 11.1 Å². The summed E-state index contributed by atoms with van der Waals surface area (Å²) in [5.74, 6) is -0.747. The molecule has 1 aromatic heterocycles. The van der Waals surface area contributed by atoms with E-state index in [1.165, 1.54) is 11.8 Å². The highest BCUT2D eigenvalue weighted by Crippen LogP contribution is 2.18. The average molecular weight is 349 g/mol. The minimum Gasteiger partial charge on any atom is -0.267 e. The summed E-state index contributed by atoms with van der Waals surface area (Å²) in [5, 5.41) is 3.66. The zero-order valence-electron chi connectivity index (χ0n) is 13.2. The number of amides is 2. The molecule has 0 radical (unpaired) electrons. The van der Waals surface area contributed by atoms with Crippen LogP contribution in [-0.4, -0.2) is 16.8 Å². The van der Waals surface area contributed by atoms with Crippen molar-refractivity contribution in [3.63, 3.8) is 0 Å². The van der Waals surface area contributed by atoms with Gasteiger partial charge in [-0.1, -0.05) is 18.2 Å². The van der Waals surface area contributed by atoms with Gasteiger partial charge in [-0.3, -0.25) is 25.4 Å². The normalized spacial score (nSPS) is 12.9. The molecule has 1 aromatic carbocycles. The number of nitrogens with one attached hydrogen (secondary N) is 2. The van der Waals surface area contributed by atoms with Crippen LogP contribution < -0.4 is 10.9 Å². The van der Waals surface area contributed by atoms with Gasteiger partial charge in [0.2, 0.25) is 0 Å². The Labute approximate surface area is 149 Å². The minimum atomic E-state index is -0.377. The van der Waals surface area contributed by atoms with Gasteiger partial charge < -0.3 is 0 Å². The van der Waals surface area contributed by atoms with Gasteiger partial charge in [-0.15, -0.1) is 11.8 Å². The fourth-order valence-electron chi connectivity index (χ4n) is 2.17. The van der Waals surface area contributed by atoms with Crippen molar-refractivity contribution in [2.24, 2.45) is 0 Å². The molecule has 2 amide bonds. The summed E-state index contributed by atoms with van der Waals surface area (Å²) in [6, 6.07) is 10.9. The quantitative estimate of drug-likeness (QED) is 0.835. The van der Waals surface area contributed by atoms with Gasteiger partial charge in [0.25, 0.3) is 11.8 Å². The van der Waals surface area contributed by atoms with E-state index in [1.54, 1.807) is 48.2 Å². The number of thioether (sulfide) groups is 1. The van der Waals surface area contributed by atoms with Gasteiger partial charge in [-0.2, -0.15) is 0 Å². The van der Waals surface area contributed by atoms with Crippen molar-refractivity contribution in [3.8, 4) is 11.1 Å². The Kier molecular flexibility index (Phi) is 5.43. The number of carbonyl (C=O) groups is 2. The lowest BCUT2D eigenvalue weighted by Gasteiger charge is -2.08. The number of hydrogen-bond donors (Lipinski definition) is 2. The number of hydrazine groups is 1. The number of nitrogens with zero attached hydrogens (tertiary/aromatic N) is 1. The van der Waals surface area contributed by atoms with Crippen molar-refractivity contribution in [3.05, 3.63) is 89.0 Å². The molecule has 0 fully saturated rings. The van der Waals surface area contributed by atoms with Crippen LogP contribution in [-0.2, 0) is 4.79 Å². The van der Waals surface area contributed by atoms with E-state index in [-0.39, 0.29) is 11.8 Å². The van der Waals surface area contributed by atoms with Crippen molar-refractivity contribution in [1.82, 2.24) is 15.8 Å². The fourth-order valence-corrected chi connectivity index (χ4v) is 2.65. The SMILES string of the molecule is O=C(NNC(=O)c1ccc(-c2ccncc2)cc1)C1=CC=CSC=C1. The van der Waals surface area contributed by atoms with E-state index in [4.69, 9.17) is 0 Å². The second-order valence-electron chi connectivity index (χ2n) is 5.11. The molecule has 0 unspecified atom stereocenters. The van der Waals surface area contributed by atoms with Crippen LogP contribution in [0.15, 0.2) is 83.4 Å². The third-order valence-electron chi connectivity index (χ3n) is 3.47. The van der Waals surface area contributed by atoms with Crippen molar-refractivity contribution in [2.75, 3.05) is 0 Å². The zero-order valence-corrected chi connectivity index (χ0v) is 14.0. The van der Waals surface area contributed by atoms with E-state index in [1.807, 2.05) is 29.7 Å². The fraction of sp³-hybridized carbons (Fsp3) is 0. The molecule has 5 nitrogen and oxygen atoms in total. The molecule has 25 heavy (non-hydrogen) atoms. The number of hydrogen-bond acceptors (Lipinski definition) is 4. The third kappa shape index (κ3) is 4.45. The maximum atomic E-state index is 12.2. The largest absolute Gasteiger partial charge is 0.269 e. The highest BCUT2D eigenvalue weighted by atomic mass is 32.2. The maximum absolute atomic E-state index is 12.2. The monoisotopic (exact) mass is 349 g/mol. The summed E-state index contributed by atoms with van der Waals surface area (Å²) in [5.41, 5.74) is 7.77. The van der Waals surface area contributed by atoms with Gasteiger partial charge >= 0.3 is 0 Å². The molecule has 3 rings (SSSR count). The van der Waals surface area contributed by atoms with Crippen molar-refractivity contribution in [2.45, 2.75) is 0 Å². The molecule has 1 aliphatic rings. The molecule has 0 spiro atoms. The van der Waals surface area contributed by atoms with Crippen molar-refractivity contribution in [1.29, 1.82) is 0 Å². The number of carbonyl (C=O) groups excluding carboxylic acids is 2. The first-order valence-corrected chi connectivity index (χ1v) is 8.48. The number of pyridine rings is 1. The Morgan fingerprint density at radius 1 is 0.840 bits per heavy atom. The van der Waals surface area contributed by atoms with E-state index < -0.39 is 0 Å². The van der Waals surface area contributed by atoms with Gasteiger partial charge in [0, 0.05) is 23.5 Å². The van der Waals surface area contributed by atoms with E-state index in [0.717, 1.165) is 11.1 Å². The highest BCUT2D eigenvalue weighted by molar-refractivity contribution is 8.04. The first-order chi connectivity index (χ1) is 12.2. The van der Waals surface area contributed by atoms with E-state index in [9.17, 15) is 9.59 Å². The molecular formula is C19H15N3O2S. The molecule has 0 atom stereocenters. The molecular weight excluding hydrogens is 334 g/mol. The molecule has 124 valence electrons. The summed E-state index contributed by atoms with van der Waals surface area (Å²) in [6.07, 6.45) is 8.59. The van der Waals surface area contributed by atoms with E-state index >= 15 is 0 Å². The zero-order chi connectivity index (χ0) is 17.5. The topological polar surface area (TPSA) is 71.1 Å².